The van der Waals surface area contributed by atoms with Gasteiger partial charge in [0.05, 0.1) is 6.61 Å². The number of aliphatic hydroxyl groups is 1. The van der Waals surface area contributed by atoms with Crippen molar-refractivity contribution in [1.29, 1.82) is 0 Å². The Morgan fingerprint density at radius 1 is 1.00 bits per heavy atom. The molecule has 1 N–H and O–H groups in total. The molecule has 174 valence electrons. The Kier molecular flexibility index (Phi) is 6.42. The maximum atomic E-state index is 13.3. The SMILES string of the molecule is Cc1cccc(-c2ccc([C@H]3[C@@H](CO)N4CCCCN(S(=O)(=O)c5cccs5)C[C@H]34)cc2)c1. The molecule has 2 aliphatic rings. The van der Waals surface area contributed by atoms with Gasteiger partial charge in [-0.25, -0.2) is 8.42 Å². The summed E-state index contributed by atoms with van der Waals surface area (Å²) in [4.78, 5) is 2.31. The molecule has 3 heterocycles. The number of nitrogens with zero attached hydrogens (tertiary/aromatic N) is 2. The van der Waals surface area contributed by atoms with Gasteiger partial charge in [0.1, 0.15) is 4.21 Å². The smallest absolute Gasteiger partial charge is 0.252 e. The molecule has 2 aromatic carbocycles. The minimum atomic E-state index is -3.49. The van der Waals surface area contributed by atoms with Crippen molar-refractivity contribution in [1.82, 2.24) is 9.21 Å². The molecule has 33 heavy (non-hydrogen) atoms. The summed E-state index contributed by atoms with van der Waals surface area (Å²) in [7, 11) is -3.49. The number of thiophene rings is 1. The number of benzene rings is 2. The third-order valence-electron chi connectivity index (χ3n) is 7.07. The standard InChI is InChI=1S/C26H30N2O3S2/c1-19-6-4-7-22(16-19)20-9-11-21(12-10-20)26-23-17-27(33(30,31)25-8-5-15-32-25)13-2-3-14-28(23)24(26)18-29/h4-12,15-16,23-24,26,29H,2-3,13-14,17-18H2,1H3/t23-,24-,26-/m1/s1. The van der Waals surface area contributed by atoms with Crippen molar-refractivity contribution in [3.63, 3.8) is 0 Å². The largest absolute Gasteiger partial charge is 0.395 e. The normalized spacial score (nSPS) is 24.5. The van der Waals surface area contributed by atoms with Gasteiger partial charge in [-0.3, -0.25) is 4.90 Å². The van der Waals surface area contributed by atoms with Gasteiger partial charge in [0.2, 0.25) is 0 Å². The lowest BCUT2D eigenvalue weighted by molar-refractivity contribution is -0.0553. The van der Waals surface area contributed by atoms with Crippen LogP contribution in [-0.2, 0) is 10.0 Å². The van der Waals surface area contributed by atoms with E-state index < -0.39 is 10.0 Å². The molecule has 2 saturated heterocycles. The number of hydrogen-bond acceptors (Lipinski definition) is 5. The van der Waals surface area contributed by atoms with Gasteiger partial charge < -0.3 is 5.11 Å². The van der Waals surface area contributed by atoms with Crippen molar-refractivity contribution >= 4 is 21.4 Å². The van der Waals surface area contributed by atoms with Crippen LogP contribution in [0.1, 0.15) is 29.9 Å². The summed E-state index contributed by atoms with van der Waals surface area (Å²) in [6.45, 7) is 4.09. The number of aryl methyl sites for hydroxylation is 1. The van der Waals surface area contributed by atoms with Crippen LogP contribution in [0.15, 0.2) is 70.3 Å². The first kappa shape index (κ1) is 22.7. The van der Waals surface area contributed by atoms with Crippen LogP contribution >= 0.6 is 11.3 Å². The topological polar surface area (TPSA) is 60.9 Å². The lowest BCUT2D eigenvalue weighted by atomic mass is 9.74. The Morgan fingerprint density at radius 2 is 1.79 bits per heavy atom. The zero-order valence-electron chi connectivity index (χ0n) is 18.8. The van der Waals surface area contributed by atoms with E-state index in [0.29, 0.717) is 17.3 Å². The predicted octanol–water partition coefficient (Wildman–Crippen LogP) is 4.34. The summed E-state index contributed by atoms with van der Waals surface area (Å²) < 4.78 is 28.6. The van der Waals surface area contributed by atoms with Crippen LogP contribution in [0, 0.1) is 6.92 Å². The second-order valence-corrected chi connectivity index (χ2v) is 12.2. The Hall–Kier alpha value is -2.03. The molecule has 5 nitrogen and oxygen atoms in total. The molecule has 0 unspecified atom stereocenters. The molecule has 1 aromatic heterocycles. The lowest BCUT2D eigenvalue weighted by Crippen LogP contribution is -2.67. The lowest BCUT2D eigenvalue weighted by Gasteiger charge is -2.57. The van der Waals surface area contributed by atoms with Crippen molar-refractivity contribution in [2.75, 3.05) is 26.2 Å². The maximum absolute atomic E-state index is 13.3. The van der Waals surface area contributed by atoms with Crippen LogP contribution in [-0.4, -0.2) is 61.1 Å². The number of hydrogen-bond donors (Lipinski definition) is 1. The van der Waals surface area contributed by atoms with Crippen LogP contribution < -0.4 is 0 Å². The zero-order valence-corrected chi connectivity index (χ0v) is 20.4. The van der Waals surface area contributed by atoms with E-state index in [0.717, 1.165) is 19.4 Å². The van der Waals surface area contributed by atoms with Crippen LogP contribution in [0.4, 0.5) is 0 Å². The molecule has 0 radical (unpaired) electrons. The fourth-order valence-corrected chi connectivity index (χ4v) is 8.03. The molecule has 7 heteroatoms. The average molecular weight is 483 g/mol. The molecule has 3 aromatic rings. The van der Waals surface area contributed by atoms with Crippen molar-refractivity contribution in [2.45, 2.75) is 42.0 Å². The second-order valence-electron chi connectivity index (χ2n) is 9.07. The van der Waals surface area contributed by atoms with E-state index in [1.54, 1.807) is 16.4 Å². The van der Waals surface area contributed by atoms with Gasteiger partial charge in [-0.05, 0) is 54.4 Å². The molecular weight excluding hydrogens is 452 g/mol. The van der Waals surface area contributed by atoms with Gasteiger partial charge in [0, 0.05) is 31.1 Å². The first-order valence-electron chi connectivity index (χ1n) is 11.6. The first-order valence-corrected chi connectivity index (χ1v) is 13.9. The Bertz CT molecular complexity index is 1190. The first-order chi connectivity index (χ1) is 16.0. The van der Waals surface area contributed by atoms with Crippen molar-refractivity contribution in [3.05, 3.63) is 77.2 Å². The van der Waals surface area contributed by atoms with Gasteiger partial charge in [0.25, 0.3) is 10.0 Å². The van der Waals surface area contributed by atoms with Gasteiger partial charge >= 0.3 is 0 Å². The van der Waals surface area contributed by atoms with E-state index in [1.165, 1.54) is 33.6 Å². The Balaban J connectivity index is 1.42. The average Bonchev–Trinajstić information content (AvgIpc) is 3.34. The van der Waals surface area contributed by atoms with Gasteiger partial charge in [0.15, 0.2) is 0 Å². The van der Waals surface area contributed by atoms with Crippen LogP contribution in [0.3, 0.4) is 0 Å². The quantitative estimate of drug-likeness (QED) is 0.588. The molecule has 0 aliphatic carbocycles. The highest BCUT2D eigenvalue weighted by atomic mass is 32.2. The highest BCUT2D eigenvalue weighted by Crippen LogP contribution is 2.43. The minimum absolute atomic E-state index is 0.0317. The summed E-state index contributed by atoms with van der Waals surface area (Å²) in [6, 6.07) is 20.6. The van der Waals surface area contributed by atoms with E-state index >= 15 is 0 Å². The maximum Gasteiger partial charge on any atom is 0.252 e. The van der Waals surface area contributed by atoms with E-state index in [2.05, 4.69) is 60.4 Å². The fourth-order valence-electron chi connectivity index (χ4n) is 5.39. The van der Waals surface area contributed by atoms with Crippen LogP contribution in [0.5, 0.6) is 0 Å². The number of fused-ring (bicyclic) bond motifs is 1. The zero-order chi connectivity index (χ0) is 23.0. The van der Waals surface area contributed by atoms with E-state index in [1.807, 2.05) is 5.38 Å². The highest BCUT2D eigenvalue weighted by Gasteiger charge is 2.50. The summed E-state index contributed by atoms with van der Waals surface area (Å²) >= 11 is 1.28. The van der Waals surface area contributed by atoms with Crippen molar-refractivity contribution in [3.8, 4) is 11.1 Å². The van der Waals surface area contributed by atoms with Gasteiger partial charge in [-0.1, -0.05) is 60.2 Å². The highest BCUT2D eigenvalue weighted by molar-refractivity contribution is 7.91. The second kappa shape index (κ2) is 9.31. The minimum Gasteiger partial charge on any atom is -0.395 e. The predicted molar refractivity (Wildman–Crippen MR) is 133 cm³/mol. The summed E-state index contributed by atoms with van der Waals surface area (Å²) in [5, 5.41) is 12.0. The Morgan fingerprint density at radius 3 is 2.48 bits per heavy atom. The van der Waals surface area contributed by atoms with E-state index in [-0.39, 0.29) is 24.6 Å². The van der Waals surface area contributed by atoms with Gasteiger partial charge in [-0.2, -0.15) is 4.31 Å². The van der Waals surface area contributed by atoms with Crippen LogP contribution in [0.2, 0.25) is 0 Å². The number of aliphatic hydroxyl groups excluding tert-OH is 1. The van der Waals surface area contributed by atoms with Crippen LogP contribution in [0.25, 0.3) is 11.1 Å². The summed E-state index contributed by atoms with van der Waals surface area (Å²) in [5.41, 5.74) is 4.75. The third kappa shape index (κ3) is 4.29. The van der Waals surface area contributed by atoms with E-state index in [4.69, 9.17) is 0 Å². The summed E-state index contributed by atoms with van der Waals surface area (Å²) in [6.07, 6.45) is 1.77. The number of rotatable bonds is 5. The fraction of sp³-hybridized carbons (Fsp3) is 0.385. The number of sulfonamides is 1. The molecule has 0 spiro atoms. The molecule has 0 saturated carbocycles. The molecule has 0 amide bonds. The van der Waals surface area contributed by atoms with Crippen molar-refractivity contribution in [2.24, 2.45) is 0 Å². The Labute approximate surface area is 200 Å². The molecule has 2 fully saturated rings. The molecular formula is C26H30N2O3S2. The van der Waals surface area contributed by atoms with Crippen molar-refractivity contribution < 1.29 is 13.5 Å². The van der Waals surface area contributed by atoms with E-state index in [9.17, 15) is 13.5 Å². The molecule has 5 rings (SSSR count). The summed E-state index contributed by atoms with van der Waals surface area (Å²) in [5.74, 6) is 0.112. The molecule has 2 aliphatic heterocycles. The van der Waals surface area contributed by atoms with Gasteiger partial charge in [-0.15, -0.1) is 11.3 Å². The molecule has 3 atom stereocenters. The molecule has 0 bridgehead atoms. The monoisotopic (exact) mass is 482 g/mol. The third-order valence-corrected chi connectivity index (χ3v) is 10.3.